The van der Waals surface area contributed by atoms with Crippen LogP contribution in [0.1, 0.15) is 11.5 Å². The maximum Gasteiger partial charge on any atom is 0.409 e. The topological polar surface area (TPSA) is 107 Å². The molecule has 1 amide bonds. The van der Waals surface area contributed by atoms with Crippen molar-refractivity contribution in [2.75, 3.05) is 25.6 Å². The average Bonchev–Trinajstić information content (AvgIpc) is 2.94. The minimum atomic E-state index is -1.12. The summed E-state index contributed by atoms with van der Waals surface area (Å²) in [6.45, 7) is 2.93. The SMILES string of the molecule is COCCOCc1nc(-c2ccc(C)c(NC(=O)O)c2)no1. The van der Waals surface area contributed by atoms with Crippen LogP contribution in [-0.4, -0.2) is 41.7 Å². The third kappa shape index (κ3) is 4.27. The summed E-state index contributed by atoms with van der Waals surface area (Å²) in [6.07, 6.45) is -1.12. The van der Waals surface area contributed by atoms with E-state index in [9.17, 15) is 4.79 Å². The van der Waals surface area contributed by atoms with E-state index in [-0.39, 0.29) is 6.61 Å². The molecule has 1 heterocycles. The molecule has 0 fully saturated rings. The highest BCUT2D eigenvalue weighted by molar-refractivity contribution is 5.85. The van der Waals surface area contributed by atoms with Crippen LogP contribution >= 0.6 is 0 Å². The summed E-state index contributed by atoms with van der Waals surface area (Å²) in [5.74, 6) is 0.721. The second kappa shape index (κ2) is 7.53. The second-order valence-electron chi connectivity index (χ2n) is 4.52. The Balaban J connectivity index is 2.08. The van der Waals surface area contributed by atoms with Gasteiger partial charge in [0.05, 0.1) is 13.2 Å². The van der Waals surface area contributed by atoms with Crippen LogP contribution in [-0.2, 0) is 16.1 Å². The quantitative estimate of drug-likeness (QED) is 0.756. The monoisotopic (exact) mass is 307 g/mol. The number of rotatable bonds is 7. The minimum Gasteiger partial charge on any atom is -0.465 e. The van der Waals surface area contributed by atoms with Crippen molar-refractivity contribution in [2.24, 2.45) is 0 Å². The molecule has 0 radical (unpaired) electrons. The Bertz CT molecular complexity index is 641. The largest absolute Gasteiger partial charge is 0.465 e. The molecule has 2 aromatic rings. The molecule has 2 N–H and O–H groups in total. The number of methoxy groups -OCH3 is 1. The molecule has 1 aromatic heterocycles. The van der Waals surface area contributed by atoms with Gasteiger partial charge in [-0.2, -0.15) is 4.98 Å². The number of anilines is 1. The van der Waals surface area contributed by atoms with Gasteiger partial charge in [0.15, 0.2) is 0 Å². The second-order valence-corrected chi connectivity index (χ2v) is 4.52. The Morgan fingerprint density at radius 2 is 2.23 bits per heavy atom. The summed E-state index contributed by atoms with van der Waals surface area (Å²) < 4.78 is 15.2. The number of carboxylic acid groups (broad SMARTS) is 1. The molecule has 118 valence electrons. The maximum atomic E-state index is 10.8. The Hall–Kier alpha value is -2.45. The Morgan fingerprint density at radius 1 is 1.41 bits per heavy atom. The molecule has 0 unspecified atom stereocenters. The molecule has 0 atom stereocenters. The number of nitrogens with zero attached hydrogens (tertiary/aromatic N) is 2. The van der Waals surface area contributed by atoms with Gasteiger partial charge in [-0.1, -0.05) is 17.3 Å². The molecule has 0 aliphatic rings. The van der Waals surface area contributed by atoms with E-state index in [1.807, 2.05) is 0 Å². The van der Waals surface area contributed by atoms with Crippen molar-refractivity contribution in [1.29, 1.82) is 0 Å². The zero-order valence-corrected chi connectivity index (χ0v) is 12.3. The number of carbonyl (C=O) groups is 1. The van der Waals surface area contributed by atoms with Gasteiger partial charge in [0, 0.05) is 18.4 Å². The third-order valence-corrected chi connectivity index (χ3v) is 2.86. The fourth-order valence-electron chi connectivity index (χ4n) is 1.74. The lowest BCUT2D eigenvalue weighted by Gasteiger charge is -2.06. The van der Waals surface area contributed by atoms with Crippen LogP contribution < -0.4 is 5.32 Å². The average molecular weight is 307 g/mol. The van der Waals surface area contributed by atoms with Crippen LogP contribution in [0.3, 0.4) is 0 Å². The zero-order valence-electron chi connectivity index (χ0n) is 12.3. The number of amides is 1. The molecule has 1 aromatic carbocycles. The van der Waals surface area contributed by atoms with E-state index in [1.165, 1.54) is 0 Å². The molecule has 0 saturated heterocycles. The first-order valence-electron chi connectivity index (χ1n) is 6.60. The van der Waals surface area contributed by atoms with Crippen LogP contribution in [0.25, 0.3) is 11.4 Å². The van der Waals surface area contributed by atoms with E-state index in [4.69, 9.17) is 19.1 Å². The highest BCUT2D eigenvalue weighted by Crippen LogP contribution is 2.23. The van der Waals surface area contributed by atoms with Crippen LogP contribution in [0.2, 0.25) is 0 Å². The van der Waals surface area contributed by atoms with Crippen molar-refractivity contribution < 1.29 is 23.9 Å². The lowest BCUT2D eigenvalue weighted by molar-refractivity contribution is 0.0494. The smallest absolute Gasteiger partial charge is 0.409 e. The Kier molecular flexibility index (Phi) is 5.45. The molecular weight excluding hydrogens is 290 g/mol. The molecule has 0 aliphatic carbocycles. The molecule has 22 heavy (non-hydrogen) atoms. The van der Waals surface area contributed by atoms with Gasteiger partial charge in [0.25, 0.3) is 5.89 Å². The van der Waals surface area contributed by atoms with Crippen molar-refractivity contribution in [3.8, 4) is 11.4 Å². The summed E-state index contributed by atoms with van der Waals surface area (Å²) in [4.78, 5) is 15.0. The predicted octanol–water partition coefficient (Wildman–Crippen LogP) is 2.30. The van der Waals surface area contributed by atoms with Gasteiger partial charge in [-0.15, -0.1) is 0 Å². The van der Waals surface area contributed by atoms with Crippen LogP contribution in [0.15, 0.2) is 22.7 Å². The number of ether oxygens (including phenoxy) is 2. The van der Waals surface area contributed by atoms with Gasteiger partial charge < -0.3 is 19.1 Å². The van der Waals surface area contributed by atoms with Gasteiger partial charge in [-0.25, -0.2) is 4.79 Å². The van der Waals surface area contributed by atoms with E-state index < -0.39 is 6.09 Å². The van der Waals surface area contributed by atoms with Crippen molar-refractivity contribution in [3.05, 3.63) is 29.7 Å². The Morgan fingerprint density at radius 3 is 2.95 bits per heavy atom. The minimum absolute atomic E-state index is 0.197. The van der Waals surface area contributed by atoms with Gasteiger partial charge >= 0.3 is 6.09 Å². The number of aromatic nitrogens is 2. The summed E-state index contributed by atoms with van der Waals surface area (Å²) in [5, 5.41) is 15.0. The van der Waals surface area contributed by atoms with Crippen LogP contribution in [0, 0.1) is 6.92 Å². The van der Waals surface area contributed by atoms with Crippen molar-refractivity contribution in [1.82, 2.24) is 10.1 Å². The lowest BCUT2D eigenvalue weighted by atomic mass is 10.1. The van der Waals surface area contributed by atoms with E-state index in [0.717, 1.165) is 5.56 Å². The van der Waals surface area contributed by atoms with Gasteiger partial charge in [0.1, 0.15) is 6.61 Å². The zero-order chi connectivity index (χ0) is 15.9. The third-order valence-electron chi connectivity index (χ3n) is 2.86. The molecule has 0 aliphatic heterocycles. The maximum absolute atomic E-state index is 10.8. The first kappa shape index (κ1) is 15.9. The number of hydrogen-bond donors (Lipinski definition) is 2. The highest BCUT2D eigenvalue weighted by Gasteiger charge is 2.11. The number of benzene rings is 1. The molecule has 0 bridgehead atoms. The van der Waals surface area contributed by atoms with Crippen molar-refractivity contribution in [3.63, 3.8) is 0 Å². The first-order valence-corrected chi connectivity index (χ1v) is 6.60. The van der Waals surface area contributed by atoms with E-state index in [1.54, 1.807) is 32.2 Å². The van der Waals surface area contributed by atoms with E-state index >= 15 is 0 Å². The number of nitrogens with one attached hydrogen (secondary N) is 1. The number of aryl methyl sites for hydroxylation is 1. The molecule has 8 nitrogen and oxygen atoms in total. The van der Waals surface area contributed by atoms with Crippen LogP contribution in [0.5, 0.6) is 0 Å². The standard InChI is InChI=1S/C14H17N3O5/c1-9-3-4-10(7-11(9)15-14(18)19)13-16-12(22-17-13)8-21-6-5-20-2/h3-4,7,15H,5-6,8H2,1-2H3,(H,18,19). The molecular formula is C14H17N3O5. The normalized spacial score (nSPS) is 10.6. The summed E-state index contributed by atoms with van der Waals surface area (Å²) >= 11 is 0. The van der Waals surface area contributed by atoms with E-state index in [2.05, 4.69) is 15.5 Å². The fraction of sp³-hybridized carbons (Fsp3) is 0.357. The van der Waals surface area contributed by atoms with Crippen LogP contribution in [0.4, 0.5) is 10.5 Å². The lowest BCUT2D eigenvalue weighted by Crippen LogP contribution is -2.08. The Labute approximate surface area is 127 Å². The molecule has 0 spiro atoms. The summed E-state index contributed by atoms with van der Waals surface area (Å²) in [6, 6.07) is 5.23. The van der Waals surface area contributed by atoms with E-state index in [0.29, 0.717) is 36.2 Å². The van der Waals surface area contributed by atoms with Crippen molar-refractivity contribution >= 4 is 11.8 Å². The molecule has 0 saturated carbocycles. The first-order chi connectivity index (χ1) is 10.6. The van der Waals surface area contributed by atoms with Gasteiger partial charge in [-0.3, -0.25) is 5.32 Å². The summed E-state index contributed by atoms with van der Waals surface area (Å²) in [5.41, 5.74) is 1.94. The predicted molar refractivity (Wildman–Crippen MR) is 77.7 cm³/mol. The van der Waals surface area contributed by atoms with Gasteiger partial charge in [0.2, 0.25) is 5.82 Å². The fourth-order valence-corrected chi connectivity index (χ4v) is 1.74. The number of hydrogen-bond acceptors (Lipinski definition) is 6. The van der Waals surface area contributed by atoms with Gasteiger partial charge in [-0.05, 0) is 18.6 Å². The highest BCUT2D eigenvalue weighted by atomic mass is 16.5. The molecule has 8 heteroatoms. The van der Waals surface area contributed by atoms with Crippen molar-refractivity contribution in [2.45, 2.75) is 13.5 Å². The summed E-state index contributed by atoms with van der Waals surface area (Å²) in [7, 11) is 1.59. The molecule has 2 rings (SSSR count).